The first-order valence-corrected chi connectivity index (χ1v) is 7.71. The molecule has 2 N–H and O–H groups in total. The second kappa shape index (κ2) is 8.62. The number of nitrogens with one attached hydrogen (secondary N) is 2. The van der Waals surface area contributed by atoms with Gasteiger partial charge >= 0.3 is 0 Å². The molecule has 0 aliphatic rings. The second-order valence-electron chi connectivity index (χ2n) is 5.41. The maximum atomic E-state index is 13.6. The van der Waals surface area contributed by atoms with Crippen molar-refractivity contribution < 1.29 is 18.3 Å². The molecule has 5 nitrogen and oxygen atoms in total. The minimum absolute atomic E-state index is 0.0462. The fourth-order valence-corrected chi connectivity index (χ4v) is 2.16. The van der Waals surface area contributed by atoms with Gasteiger partial charge in [-0.2, -0.15) is 5.26 Å². The lowest BCUT2D eigenvalue weighted by Crippen LogP contribution is -2.28. The van der Waals surface area contributed by atoms with E-state index in [1.54, 1.807) is 44.4 Å². The summed E-state index contributed by atoms with van der Waals surface area (Å²) in [5.74, 6) is -1.48. The molecule has 1 unspecified atom stereocenters. The lowest BCUT2D eigenvalue weighted by Gasteiger charge is -2.14. The second-order valence-corrected chi connectivity index (χ2v) is 5.41. The van der Waals surface area contributed by atoms with Gasteiger partial charge in [0.2, 0.25) is 0 Å². The summed E-state index contributed by atoms with van der Waals surface area (Å²) >= 11 is 0. The molecular weight excluding hydrogens is 340 g/mol. The molecule has 0 fully saturated rings. The Morgan fingerprint density at radius 3 is 2.50 bits per heavy atom. The van der Waals surface area contributed by atoms with Gasteiger partial charge in [-0.25, -0.2) is 8.78 Å². The van der Waals surface area contributed by atoms with Crippen LogP contribution in [-0.4, -0.2) is 13.0 Å². The van der Waals surface area contributed by atoms with Crippen LogP contribution in [0.4, 0.5) is 14.5 Å². The molecule has 1 atom stereocenters. The summed E-state index contributed by atoms with van der Waals surface area (Å²) in [5, 5.41) is 14.3. The van der Waals surface area contributed by atoms with Gasteiger partial charge in [-0.15, -0.1) is 0 Å². The van der Waals surface area contributed by atoms with E-state index in [-0.39, 0.29) is 17.3 Å². The molecule has 2 aromatic carbocycles. The third-order valence-electron chi connectivity index (χ3n) is 3.63. The minimum atomic E-state index is -0.828. The van der Waals surface area contributed by atoms with Crippen LogP contribution in [0, 0.1) is 23.0 Å². The van der Waals surface area contributed by atoms with Gasteiger partial charge in [0.25, 0.3) is 5.91 Å². The van der Waals surface area contributed by atoms with Gasteiger partial charge < -0.3 is 15.4 Å². The van der Waals surface area contributed by atoms with E-state index in [9.17, 15) is 13.6 Å². The van der Waals surface area contributed by atoms with E-state index < -0.39 is 17.5 Å². The number of methoxy groups -OCH3 is 1. The van der Waals surface area contributed by atoms with Crippen molar-refractivity contribution in [1.29, 1.82) is 5.26 Å². The fourth-order valence-electron chi connectivity index (χ4n) is 2.16. The number of halogens is 2. The zero-order chi connectivity index (χ0) is 19.1. The average molecular weight is 357 g/mol. The van der Waals surface area contributed by atoms with Crippen LogP contribution in [0.5, 0.6) is 5.75 Å². The Morgan fingerprint density at radius 1 is 1.23 bits per heavy atom. The summed E-state index contributed by atoms with van der Waals surface area (Å²) < 4.78 is 31.5. The topological polar surface area (TPSA) is 74.1 Å². The van der Waals surface area contributed by atoms with Crippen molar-refractivity contribution in [2.24, 2.45) is 0 Å². The zero-order valence-electron chi connectivity index (χ0n) is 14.2. The van der Waals surface area contributed by atoms with Gasteiger partial charge in [0.05, 0.1) is 18.8 Å². The standard InChI is InChI=1S/C19H17F2N3O2/c1-12(13-3-6-16(26-2)7-4-13)24-19(25)14(10-22)11-23-18-8-5-15(20)9-17(18)21/h3-9,11-12,23H,1-2H3,(H,24,25)/b14-11-. The molecule has 0 saturated carbocycles. The predicted molar refractivity (Wildman–Crippen MR) is 93.2 cm³/mol. The highest BCUT2D eigenvalue weighted by Gasteiger charge is 2.14. The number of amides is 1. The van der Waals surface area contributed by atoms with Crippen LogP contribution in [0.15, 0.2) is 54.2 Å². The number of anilines is 1. The third-order valence-corrected chi connectivity index (χ3v) is 3.63. The lowest BCUT2D eigenvalue weighted by atomic mass is 10.1. The van der Waals surface area contributed by atoms with E-state index in [0.717, 1.165) is 17.8 Å². The summed E-state index contributed by atoms with van der Waals surface area (Å²) in [6.07, 6.45) is 1.08. The third kappa shape index (κ3) is 4.80. The molecule has 0 aliphatic carbocycles. The highest BCUT2D eigenvalue weighted by Crippen LogP contribution is 2.18. The number of ether oxygens (including phenoxy) is 1. The molecule has 0 bridgehead atoms. The van der Waals surface area contributed by atoms with Crippen LogP contribution in [-0.2, 0) is 4.79 Å². The van der Waals surface area contributed by atoms with Crippen LogP contribution >= 0.6 is 0 Å². The number of nitrogens with zero attached hydrogens (tertiary/aromatic N) is 1. The van der Waals surface area contributed by atoms with E-state index in [0.29, 0.717) is 11.8 Å². The molecule has 2 aromatic rings. The van der Waals surface area contributed by atoms with Gasteiger partial charge in [0, 0.05) is 12.3 Å². The van der Waals surface area contributed by atoms with Crippen molar-refractivity contribution in [2.45, 2.75) is 13.0 Å². The van der Waals surface area contributed by atoms with Gasteiger partial charge in [-0.05, 0) is 36.8 Å². The van der Waals surface area contributed by atoms with Crippen molar-refractivity contribution in [3.8, 4) is 11.8 Å². The monoisotopic (exact) mass is 357 g/mol. The Kier molecular flexibility index (Phi) is 6.28. The smallest absolute Gasteiger partial charge is 0.263 e. The minimum Gasteiger partial charge on any atom is -0.497 e. The number of carbonyl (C=O) groups excluding carboxylic acids is 1. The molecule has 26 heavy (non-hydrogen) atoms. The van der Waals surface area contributed by atoms with Crippen molar-refractivity contribution in [1.82, 2.24) is 5.32 Å². The Balaban J connectivity index is 2.06. The fraction of sp³-hybridized carbons (Fsp3) is 0.158. The Labute approximate surface area is 149 Å². The average Bonchev–Trinajstić information content (AvgIpc) is 2.63. The first kappa shape index (κ1) is 18.9. The lowest BCUT2D eigenvalue weighted by molar-refractivity contribution is -0.117. The molecule has 134 valence electrons. The van der Waals surface area contributed by atoms with Gasteiger partial charge in [0.15, 0.2) is 0 Å². The SMILES string of the molecule is COc1ccc(C(C)NC(=O)/C(C#N)=C\Nc2ccc(F)cc2F)cc1. The van der Waals surface area contributed by atoms with Gasteiger partial charge in [0.1, 0.15) is 29.0 Å². The maximum absolute atomic E-state index is 13.6. The number of rotatable bonds is 6. The number of nitriles is 1. The van der Waals surface area contributed by atoms with Crippen LogP contribution in [0.25, 0.3) is 0 Å². The molecule has 0 aromatic heterocycles. The molecule has 0 aliphatic heterocycles. The van der Waals surface area contributed by atoms with Crippen molar-refractivity contribution in [3.05, 3.63) is 71.4 Å². The molecule has 0 spiro atoms. The summed E-state index contributed by atoms with van der Waals surface area (Å²) in [4.78, 5) is 12.2. The van der Waals surface area contributed by atoms with Crippen LogP contribution < -0.4 is 15.4 Å². The normalized spacial score (nSPS) is 12.0. The van der Waals surface area contributed by atoms with Crippen LogP contribution in [0.1, 0.15) is 18.5 Å². The van der Waals surface area contributed by atoms with E-state index >= 15 is 0 Å². The number of benzene rings is 2. The summed E-state index contributed by atoms with van der Waals surface area (Å²) in [6.45, 7) is 1.77. The molecule has 7 heteroatoms. The van der Waals surface area contributed by atoms with Gasteiger partial charge in [-0.3, -0.25) is 4.79 Å². The predicted octanol–water partition coefficient (Wildman–Crippen LogP) is 3.67. The van der Waals surface area contributed by atoms with E-state index in [2.05, 4.69) is 10.6 Å². The van der Waals surface area contributed by atoms with Crippen molar-refractivity contribution >= 4 is 11.6 Å². The molecular formula is C19H17F2N3O2. The van der Waals surface area contributed by atoms with E-state index in [1.807, 2.05) is 0 Å². The highest BCUT2D eigenvalue weighted by molar-refractivity contribution is 5.97. The highest BCUT2D eigenvalue weighted by atomic mass is 19.1. The summed E-state index contributed by atoms with van der Waals surface area (Å²) in [7, 11) is 1.56. The summed E-state index contributed by atoms with van der Waals surface area (Å²) in [6, 6.07) is 11.5. The summed E-state index contributed by atoms with van der Waals surface area (Å²) in [5.41, 5.74) is 0.540. The van der Waals surface area contributed by atoms with Gasteiger partial charge in [-0.1, -0.05) is 12.1 Å². The van der Waals surface area contributed by atoms with Crippen LogP contribution in [0.2, 0.25) is 0 Å². The number of hydrogen-bond donors (Lipinski definition) is 2. The first-order chi connectivity index (χ1) is 12.4. The molecule has 1 amide bonds. The Morgan fingerprint density at radius 2 is 1.92 bits per heavy atom. The van der Waals surface area contributed by atoms with Crippen molar-refractivity contribution in [3.63, 3.8) is 0 Å². The quantitative estimate of drug-likeness (QED) is 0.611. The Hall–Kier alpha value is -3.40. The van der Waals surface area contributed by atoms with Crippen molar-refractivity contribution in [2.75, 3.05) is 12.4 Å². The number of carbonyl (C=O) groups is 1. The largest absolute Gasteiger partial charge is 0.497 e. The molecule has 0 heterocycles. The molecule has 0 radical (unpaired) electrons. The first-order valence-electron chi connectivity index (χ1n) is 7.71. The molecule has 2 rings (SSSR count). The zero-order valence-corrected chi connectivity index (χ0v) is 14.2. The number of hydrogen-bond acceptors (Lipinski definition) is 4. The van der Waals surface area contributed by atoms with E-state index in [4.69, 9.17) is 10.00 Å². The Bertz CT molecular complexity index is 858. The van der Waals surface area contributed by atoms with Crippen LogP contribution in [0.3, 0.4) is 0 Å². The maximum Gasteiger partial charge on any atom is 0.263 e. The van der Waals surface area contributed by atoms with E-state index in [1.165, 1.54) is 6.07 Å². The molecule has 0 saturated heterocycles.